The Labute approximate surface area is 110 Å². The highest BCUT2D eigenvalue weighted by Gasteiger charge is 2.28. The van der Waals surface area contributed by atoms with Crippen LogP contribution < -0.4 is 10.7 Å². The van der Waals surface area contributed by atoms with Gasteiger partial charge in [-0.15, -0.1) is 0 Å². The summed E-state index contributed by atoms with van der Waals surface area (Å²) in [5.74, 6) is -0.459. The number of imide groups is 1. The average Bonchev–Trinajstić information content (AvgIpc) is 2.68. The Bertz CT molecular complexity index is 522. The topological polar surface area (TPSA) is 78.5 Å². The van der Waals surface area contributed by atoms with Gasteiger partial charge in [0.15, 0.2) is 0 Å². The number of urea groups is 1. The predicted molar refractivity (Wildman–Crippen MR) is 68.2 cm³/mol. The lowest BCUT2D eigenvalue weighted by atomic mass is 10.0. The van der Waals surface area contributed by atoms with Crippen molar-refractivity contribution in [2.45, 2.75) is 19.8 Å². The molecule has 0 saturated carbocycles. The Morgan fingerprint density at radius 2 is 1.89 bits per heavy atom. The van der Waals surface area contributed by atoms with Gasteiger partial charge in [0.1, 0.15) is 6.54 Å². The van der Waals surface area contributed by atoms with Crippen molar-refractivity contribution in [2.24, 2.45) is 0 Å². The maximum Gasteiger partial charge on any atom is 0.343 e. The SMILES string of the molecule is CC(C)c1ccc(C(=O)NN2CC(=O)NC2=O)cc1. The molecular weight excluding hydrogens is 246 g/mol. The highest BCUT2D eigenvalue weighted by Crippen LogP contribution is 2.14. The zero-order valence-electron chi connectivity index (χ0n) is 10.8. The molecule has 0 bridgehead atoms. The van der Waals surface area contributed by atoms with Crippen LogP contribution in [0.25, 0.3) is 0 Å². The normalized spacial score (nSPS) is 14.8. The van der Waals surface area contributed by atoms with Crippen molar-refractivity contribution in [1.29, 1.82) is 0 Å². The molecule has 2 rings (SSSR count). The van der Waals surface area contributed by atoms with Crippen molar-refractivity contribution in [3.8, 4) is 0 Å². The highest BCUT2D eigenvalue weighted by molar-refractivity contribution is 6.03. The summed E-state index contributed by atoms with van der Waals surface area (Å²) in [6.45, 7) is 3.97. The molecule has 0 aromatic heterocycles. The minimum atomic E-state index is -0.614. The van der Waals surface area contributed by atoms with Gasteiger partial charge in [0.25, 0.3) is 5.91 Å². The molecule has 1 aromatic carbocycles. The van der Waals surface area contributed by atoms with E-state index in [0.29, 0.717) is 11.5 Å². The molecule has 1 saturated heterocycles. The molecule has 0 radical (unpaired) electrons. The molecule has 6 nitrogen and oxygen atoms in total. The van der Waals surface area contributed by atoms with Crippen LogP contribution in [0.4, 0.5) is 4.79 Å². The van der Waals surface area contributed by atoms with E-state index in [4.69, 9.17) is 0 Å². The summed E-state index contributed by atoms with van der Waals surface area (Å²) < 4.78 is 0. The second kappa shape index (κ2) is 5.09. The molecule has 0 unspecified atom stereocenters. The summed E-state index contributed by atoms with van der Waals surface area (Å²) in [6.07, 6.45) is 0. The summed E-state index contributed by atoms with van der Waals surface area (Å²) in [4.78, 5) is 34.1. The number of hydrogen-bond acceptors (Lipinski definition) is 3. The van der Waals surface area contributed by atoms with E-state index in [9.17, 15) is 14.4 Å². The molecular formula is C13H15N3O3. The minimum absolute atomic E-state index is 0.158. The molecule has 1 aliphatic rings. The van der Waals surface area contributed by atoms with E-state index >= 15 is 0 Å². The first kappa shape index (κ1) is 13.1. The number of amides is 4. The third-order valence-corrected chi connectivity index (χ3v) is 2.87. The number of carbonyl (C=O) groups excluding carboxylic acids is 3. The number of rotatable bonds is 3. The van der Waals surface area contributed by atoms with Crippen LogP contribution in [0.3, 0.4) is 0 Å². The minimum Gasteiger partial charge on any atom is -0.275 e. The van der Waals surface area contributed by atoms with E-state index < -0.39 is 17.8 Å². The lowest BCUT2D eigenvalue weighted by Crippen LogP contribution is -2.44. The molecule has 1 fully saturated rings. The number of hydrazine groups is 1. The van der Waals surface area contributed by atoms with Crippen LogP contribution in [0.1, 0.15) is 35.7 Å². The number of carbonyl (C=O) groups is 3. The third kappa shape index (κ3) is 2.90. The summed E-state index contributed by atoms with van der Waals surface area (Å²) in [5, 5.41) is 3.04. The summed E-state index contributed by atoms with van der Waals surface area (Å²) in [7, 11) is 0. The van der Waals surface area contributed by atoms with Crippen molar-refractivity contribution in [2.75, 3.05) is 6.54 Å². The first-order valence-electron chi connectivity index (χ1n) is 5.99. The number of benzene rings is 1. The first-order valence-corrected chi connectivity index (χ1v) is 5.99. The van der Waals surface area contributed by atoms with Crippen LogP contribution in [0, 0.1) is 0 Å². The van der Waals surface area contributed by atoms with E-state index in [-0.39, 0.29) is 6.54 Å². The van der Waals surface area contributed by atoms with Gasteiger partial charge in [0.2, 0.25) is 5.91 Å². The van der Waals surface area contributed by atoms with Crippen LogP contribution in [-0.2, 0) is 4.79 Å². The maximum absolute atomic E-state index is 11.9. The molecule has 0 aliphatic carbocycles. The van der Waals surface area contributed by atoms with Crippen LogP contribution in [0.5, 0.6) is 0 Å². The molecule has 1 aliphatic heterocycles. The van der Waals surface area contributed by atoms with Crippen LogP contribution in [0.2, 0.25) is 0 Å². The lowest BCUT2D eigenvalue weighted by molar-refractivity contribution is -0.118. The van der Waals surface area contributed by atoms with Gasteiger partial charge in [0, 0.05) is 5.56 Å². The lowest BCUT2D eigenvalue weighted by Gasteiger charge is -2.14. The highest BCUT2D eigenvalue weighted by atomic mass is 16.2. The zero-order chi connectivity index (χ0) is 14.0. The third-order valence-electron chi connectivity index (χ3n) is 2.87. The van der Waals surface area contributed by atoms with Crippen molar-refractivity contribution in [3.63, 3.8) is 0 Å². The molecule has 19 heavy (non-hydrogen) atoms. The van der Waals surface area contributed by atoms with Crippen molar-refractivity contribution < 1.29 is 14.4 Å². The fourth-order valence-electron chi connectivity index (χ4n) is 1.74. The van der Waals surface area contributed by atoms with Crippen molar-refractivity contribution in [1.82, 2.24) is 15.8 Å². The van der Waals surface area contributed by atoms with Gasteiger partial charge in [-0.3, -0.25) is 20.3 Å². The number of nitrogens with zero attached hydrogens (tertiary/aromatic N) is 1. The van der Waals surface area contributed by atoms with Crippen LogP contribution >= 0.6 is 0 Å². The largest absolute Gasteiger partial charge is 0.343 e. The Kier molecular flexibility index (Phi) is 3.50. The van der Waals surface area contributed by atoms with E-state index in [0.717, 1.165) is 10.6 Å². The second-order valence-corrected chi connectivity index (χ2v) is 4.66. The van der Waals surface area contributed by atoms with Crippen LogP contribution in [-0.4, -0.2) is 29.4 Å². The Morgan fingerprint density at radius 3 is 2.37 bits per heavy atom. The van der Waals surface area contributed by atoms with Gasteiger partial charge in [0.05, 0.1) is 0 Å². The average molecular weight is 261 g/mol. The first-order chi connectivity index (χ1) is 8.97. The monoisotopic (exact) mass is 261 g/mol. The molecule has 1 heterocycles. The molecule has 2 N–H and O–H groups in total. The summed E-state index contributed by atoms with van der Waals surface area (Å²) >= 11 is 0. The van der Waals surface area contributed by atoms with Gasteiger partial charge in [-0.1, -0.05) is 26.0 Å². The van der Waals surface area contributed by atoms with Crippen molar-refractivity contribution in [3.05, 3.63) is 35.4 Å². The molecule has 6 heteroatoms. The van der Waals surface area contributed by atoms with Gasteiger partial charge >= 0.3 is 6.03 Å². The van der Waals surface area contributed by atoms with Crippen molar-refractivity contribution >= 4 is 17.8 Å². The smallest absolute Gasteiger partial charge is 0.275 e. The fourth-order valence-corrected chi connectivity index (χ4v) is 1.74. The van der Waals surface area contributed by atoms with Gasteiger partial charge < -0.3 is 0 Å². The summed E-state index contributed by atoms with van der Waals surface area (Å²) in [5.41, 5.74) is 3.96. The van der Waals surface area contributed by atoms with E-state index in [2.05, 4.69) is 24.6 Å². The van der Waals surface area contributed by atoms with Gasteiger partial charge in [-0.2, -0.15) is 0 Å². The number of nitrogens with one attached hydrogen (secondary N) is 2. The fraction of sp³-hybridized carbons (Fsp3) is 0.308. The molecule has 1 aromatic rings. The Balaban J connectivity index is 2.04. The van der Waals surface area contributed by atoms with E-state index in [1.807, 2.05) is 12.1 Å². The molecule has 100 valence electrons. The van der Waals surface area contributed by atoms with Gasteiger partial charge in [-0.25, -0.2) is 9.80 Å². The maximum atomic E-state index is 11.9. The number of hydrogen-bond donors (Lipinski definition) is 2. The van der Waals surface area contributed by atoms with Gasteiger partial charge in [-0.05, 0) is 23.6 Å². The molecule has 4 amide bonds. The quantitative estimate of drug-likeness (QED) is 0.797. The summed E-state index contributed by atoms with van der Waals surface area (Å²) in [6, 6.07) is 6.52. The molecule has 0 spiro atoms. The molecule has 0 atom stereocenters. The van der Waals surface area contributed by atoms with Crippen LogP contribution in [0.15, 0.2) is 24.3 Å². The Morgan fingerprint density at radius 1 is 1.26 bits per heavy atom. The van der Waals surface area contributed by atoms with E-state index in [1.165, 1.54) is 0 Å². The second-order valence-electron chi connectivity index (χ2n) is 4.66. The standard InChI is InChI=1S/C13H15N3O3/c1-8(2)9-3-5-10(6-4-9)12(18)15-16-7-11(17)14-13(16)19/h3-6,8H,7H2,1-2H3,(H,15,18)(H,14,17,19). The van der Waals surface area contributed by atoms with E-state index in [1.54, 1.807) is 12.1 Å². The Hall–Kier alpha value is -2.37. The zero-order valence-corrected chi connectivity index (χ0v) is 10.8. The predicted octanol–water partition coefficient (Wildman–Crippen LogP) is 1.01.